The lowest BCUT2D eigenvalue weighted by molar-refractivity contribution is -0.148. The number of morpholine rings is 1. The summed E-state index contributed by atoms with van der Waals surface area (Å²) in [6.07, 6.45) is 2.17. The summed E-state index contributed by atoms with van der Waals surface area (Å²) in [5.74, 6) is 0.215. The number of amides is 1. The molecule has 1 aromatic carbocycles. The molecule has 1 saturated heterocycles. The van der Waals surface area contributed by atoms with Gasteiger partial charge in [0.1, 0.15) is 18.5 Å². The van der Waals surface area contributed by atoms with E-state index in [2.05, 4.69) is 15.4 Å². The highest BCUT2D eigenvalue weighted by molar-refractivity contribution is 6.44. The SMILES string of the molecule is CCOC(=O)CO/N=C(/C(=O)N1CCOC(COc2ccc(CCC(C)=O)cc2OC)C1)c1ccn[nH]1. The van der Waals surface area contributed by atoms with Gasteiger partial charge in [-0.05, 0) is 44.0 Å². The van der Waals surface area contributed by atoms with Crippen molar-refractivity contribution >= 4 is 23.4 Å². The molecule has 1 unspecified atom stereocenters. The Hall–Kier alpha value is -3.93. The zero-order valence-electron chi connectivity index (χ0n) is 21.2. The number of hydrogen-bond acceptors (Lipinski definition) is 10. The fraction of sp³-hybridized carbons (Fsp3) is 0.480. The molecule has 0 radical (unpaired) electrons. The Morgan fingerprint density at radius 3 is 2.78 bits per heavy atom. The Labute approximate surface area is 214 Å². The number of esters is 1. The predicted octanol–water partition coefficient (Wildman–Crippen LogP) is 1.53. The molecule has 3 rings (SSSR count). The summed E-state index contributed by atoms with van der Waals surface area (Å²) in [6, 6.07) is 7.11. The van der Waals surface area contributed by atoms with Gasteiger partial charge in [-0.3, -0.25) is 9.89 Å². The third-order valence-electron chi connectivity index (χ3n) is 5.45. The van der Waals surface area contributed by atoms with Crippen LogP contribution in [0.4, 0.5) is 0 Å². The summed E-state index contributed by atoms with van der Waals surface area (Å²) in [6.45, 7) is 4.12. The van der Waals surface area contributed by atoms with Crippen LogP contribution in [0.25, 0.3) is 0 Å². The molecule has 0 bridgehead atoms. The van der Waals surface area contributed by atoms with Crippen LogP contribution in [0.1, 0.15) is 31.5 Å². The van der Waals surface area contributed by atoms with E-state index in [0.29, 0.717) is 43.2 Å². The highest BCUT2D eigenvalue weighted by Gasteiger charge is 2.29. The lowest BCUT2D eigenvalue weighted by atomic mass is 10.1. The zero-order valence-corrected chi connectivity index (χ0v) is 21.2. The Bertz CT molecular complexity index is 1090. The number of ketones is 1. The number of hydrogen-bond donors (Lipinski definition) is 1. The summed E-state index contributed by atoms with van der Waals surface area (Å²) in [5.41, 5.74) is 1.30. The van der Waals surface area contributed by atoms with E-state index in [9.17, 15) is 14.4 Å². The summed E-state index contributed by atoms with van der Waals surface area (Å²) < 4.78 is 22.0. The fourth-order valence-electron chi connectivity index (χ4n) is 3.59. The number of carbonyl (C=O) groups is 3. The van der Waals surface area contributed by atoms with E-state index in [0.717, 1.165) is 5.56 Å². The second-order valence-corrected chi connectivity index (χ2v) is 8.23. The topological polar surface area (TPSA) is 142 Å². The molecule has 1 N–H and O–H groups in total. The molecule has 1 aliphatic heterocycles. The maximum absolute atomic E-state index is 13.3. The van der Waals surface area contributed by atoms with Crippen molar-refractivity contribution in [2.75, 3.05) is 46.6 Å². The molecule has 1 aromatic heterocycles. The molecule has 12 heteroatoms. The number of aromatic nitrogens is 2. The molecule has 37 heavy (non-hydrogen) atoms. The van der Waals surface area contributed by atoms with Gasteiger partial charge in [0.25, 0.3) is 5.91 Å². The van der Waals surface area contributed by atoms with Crippen molar-refractivity contribution in [1.82, 2.24) is 15.1 Å². The van der Waals surface area contributed by atoms with E-state index in [4.69, 9.17) is 23.8 Å². The number of nitrogens with one attached hydrogen (secondary N) is 1. The van der Waals surface area contributed by atoms with Crippen LogP contribution in [0, 0.1) is 0 Å². The van der Waals surface area contributed by atoms with E-state index >= 15 is 0 Å². The Balaban J connectivity index is 1.62. The number of rotatable bonds is 13. The molecule has 0 aliphatic carbocycles. The number of H-pyrrole nitrogens is 1. The quantitative estimate of drug-likeness (QED) is 0.238. The maximum Gasteiger partial charge on any atom is 0.347 e. The first kappa shape index (κ1) is 27.7. The predicted molar refractivity (Wildman–Crippen MR) is 132 cm³/mol. The van der Waals surface area contributed by atoms with Crippen LogP contribution in [-0.2, 0) is 35.1 Å². The van der Waals surface area contributed by atoms with Crippen molar-refractivity contribution in [1.29, 1.82) is 0 Å². The second-order valence-electron chi connectivity index (χ2n) is 8.23. The lowest BCUT2D eigenvalue weighted by Gasteiger charge is -2.32. The first-order valence-electron chi connectivity index (χ1n) is 12.0. The largest absolute Gasteiger partial charge is 0.493 e. The number of nitrogens with zero attached hydrogens (tertiary/aromatic N) is 3. The van der Waals surface area contributed by atoms with Crippen molar-refractivity contribution in [2.24, 2.45) is 5.16 Å². The molecule has 1 fully saturated rings. The van der Waals surface area contributed by atoms with E-state index in [1.54, 1.807) is 38.0 Å². The van der Waals surface area contributed by atoms with E-state index < -0.39 is 24.6 Å². The summed E-state index contributed by atoms with van der Waals surface area (Å²) >= 11 is 0. The Morgan fingerprint density at radius 1 is 1.24 bits per heavy atom. The highest BCUT2D eigenvalue weighted by Crippen LogP contribution is 2.29. The first-order chi connectivity index (χ1) is 17.9. The molecule has 0 saturated carbocycles. The molecule has 1 atom stereocenters. The molecule has 0 spiro atoms. The standard InChI is InChI=1S/C25H32N4O8/c1-4-34-23(31)16-37-28-24(20-9-10-26-27-20)25(32)29-11-12-35-19(14-29)15-36-21-8-7-18(6-5-17(2)30)13-22(21)33-3/h7-10,13,19H,4-6,11-12,14-16H2,1-3H3,(H,26,27)/b28-24+. The maximum atomic E-state index is 13.3. The van der Waals surface area contributed by atoms with Crippen molar-refractivity contribution in [3.05, 3.63) is 41.7 Å². The second kappa shape index (κ2) is 14.0. The molecule has 200 valence electrons. The van der Waals surface area contributed by atoms with Gasteiger partial charge >= 0.3 is 5.97 Å². The molecule has 1 amide bonds. The van der Waals surface area contributed by atoms with Crippen LogP contribution >= 0.6 is 0 Å². The number of benzene rings is 1. The molecule has 12 nitrogen and oxygen atoms in total. The van der Waals surface area contributed by atoms with Crippen molar-refractivity contribution in [3.63, 3.8) is 0 Å². The van der Waals surface area contributed by atoms with Crippen molar-refractivity contribution in [2.45, 2.75) is 32.8 Å². The van der Waals surface area contributed by atoms with E-state index in [-0.39, 0.29) is 31.3 Å². The van der Waals surface area contributed by atoms with Crippen LogP contribution in [0.3, 0.4) is 0 Å². The number of Topliss-reactive ketones (excluding diaryl/α,β-unsaturated/α-hetero) is 1. The Morgan fingerprint density at radius 2 is 2.08 bits per heavy atom. The fourth-order valence-corrected chi connectivity index (χ4v) is 3.59. The van der Waals surface area contributed by atoms with Crippen molar-refractivity contribution in [3.8, 4) is 11.5 Å². The number of aromatic amines is 1. The minimum atomic E-state index is -0.589. The van der Waals surface area contributed by atoms with Crippen molar-refractivity contribution < 1.29 is 38.2 Å². The van der Waals surface area contributed by atoms with Gasteiger partial charge in [-0.25, -0.2) is 4.79 Å². The van der Waals surface area contributed by atoms with Gasteiger partial charge in [0.05, 0.1) is 32.6 Å². The van der Waals surface area contributed by atoms with Gasteiger partial charge in [0, 0.05) is 19.2 Å². The number of methoxy groups -OCH3 is 1. The van der Waals surface area contributed by atoms with Gasteiger partial charge in [-0.2, -0.15) is 5.10 Å². The number of ether oxygens (including phenoxy) is 4. The van der Waals surface area contributed by atoms with Gasteiger partial charge in [0.15, 0.2) is 17.2 Å². The third-order valence-corrected chi connectivity index (χ3v) is 5.45. The van der Waals surface area contributed by atoms with Gasteiger partial charge in [0.2, 0.25) is 6.61 Å². The van der Waals surface area contributed by atoms with Crippen LogP contribution in [0.5, 0.6) is 11.5 Å². The van der Waals surface area contributed by atoms with Crippen LogP contribution < -0.4 is 9.47 Å². The van der Waals surface area contributed by atoms with Crippen LogP contribution in [-0.4, -0.2) is 91.2 Å². The smallest absolute Gasteiger partial charge is 0.347 e. The highest BCUT2D eigenvalue weighted by atomic mass is 16.7. The first-order valence-corrected chi connectivity index (χ1v) is 12.0. The molecule has 1 aliphatic rings. The minimum Gasteiger partial charge on any atom is -0.493 e. The van der Waals surface area contributed by atoms with Gasteiger partial charge < -0.3 is 33.5 Å². The van der Waals surface area contributed by atoms with Crippen LogP contribution in [0.2, 0.25) is 0 Å². The number of carbonyl (C=O) groups excluding carboxylic acids is 3. The number of oxime groups is 1. The normalized spacial score (nSPS) is 15.7. The van der Waals surface area contributed by atoms with E-state index in [1.807, 2.05) is 12.1 Å². The molecular weight excluding hydrogens is 484 g/mol. The molecular formula is C25H32N4O8. The third kappa shape index (κ3) is 8.31. The summed E-state index contributed by atoms with van der Waals surface area (Å²) in [7, 11) is 1.55. The summed E-state index contributed by atoms with van der Waals surface area (Å²) in [4.78, 5) is 42.7. The average Bonchev–Trinajstić information content (AvgIpc) is 3.43. The minimum absolute atomic E-state index is 0.0221. The zero-order chi connectivity index (χ0) is 26.6. The van der Waals surface area contributed by atoms with Gasteiger partial charge in [-0.1, -0.05) is 11.2 Å². The lowest BCUT2D eigenvalue weighted by Crippen LogP contribution is -2.50. The monoisotopic (exact) mass is 516 g/mol. The van der Waals surface area contributed by atoms with Gasteiger partial charge in [-0.15, -0.1) is 0 Å². The van der Waals surface area contributed by atoms with Crippen LogP contribution in [0.15, 0.2) is 35.6 Å². The average molecular weight is 517 g/mol. The number of aryl methyl sites for hydroxylation is 1. The molecule has 2 heterocycles. The van der Waals surface area contributed by atoms with E-state index in [1.165, 1.54) is 6.20 Å². The summed E-state index contributed by atoms with van der Waals surface area (Å²) in [5, 5.41) is 10.4. The Kier molecular flexibility index (Phi) is 10.4. The molecule has 2 aromatic rings.